The SMILES string of the molecule is NC(=O)N/N=C1\CCCCCC[C@@H]2C[C@H]12. The van der Waals surface area contributed by atoms with E-state index in [2.05, 4.69) is 10.5 Å². The zero-order valence-corrected chi connectivity index (χ0v) is 9.04. The lowest BCUT2D eigenvalue weighted by Crippen LogP contribution is -2.26. The lowest BCUT2D eigenvalue weighted by Gasteiger charge is -2.04. The third-order valence-electron chi connectivity index (χ3n) is 3.42. The van der Waals surface area contributed by atoms with E-state index in [-0.39, 0.29) is 0 Å². The van der Waals surface area contributed by atoms with Crippen molar-refractivity contribution in [2.75, 3.05) is 0 Å². The molecular weight excluding hydrogens is 190 g/mol. The third kappa shape index (κ3) is 2.94. The molecule has 2 saturated carbocycles. The zero-order chi connectivity index (χ0) is 10.7. The van der Waals surface area contributed by atoms with E-state index in [9.17, 15) is 4.79 Å². The Bertz CT molecular complexity index is 275. The number of carbonyl (C=O) groups is 1. The second kappa shape index (κ2) is 4.64. The molecule has 0 bridgehead atoms. The van der Waals surface area contributed by atoms with Crippen molar-refractivity contribution in [3.63, 3.8) is 0 Å². The number of nitrogens with one attached hydrogen (secondary N) is 1. The van der Waals surface area contributed by atoms with E-state index in [0.717, 1.165) is 12.3 Å². The second-order valence-corrected chi connectivity index (χ2v) is 4.63. The Kier molecular flexibility index (Phi) is 3.23. The molecule has 0 spiro atoms. The average Bonchev–Trinajstić information content (AvgIpc) is 2.94. The number of hydrazone groups is 1. The molecule has 15 heavy (non-hydrogen) atoms. The first-order valence-corrected chi connectivity index (χ1v) is 5.89. The fraction of sp³-hybridized carbons (Fsp3) is 0.818. The predicted octanol–water partition coefficient (Wildman–Crippen LogP) is 2.00. The van der Waals surface area contributed by atoms with Gasteiger partial charge < -0.3 is 5.73 Å². The number of hydrogen-bond acceptors (Lipinski definition) is 2. The number of hydrogen-bond donors (Lipinski definition) is 2. The molecule has 0 radical (unpaired) electrons. The van der Waals surface area contributed by atoms with Crippen molar-refractivity contribution >= 4 is 11.7 Å². The molecule has 0 saturated heterocycles. The summed E-state index contributed by atoms with van der Waals surface area (Å²) in [6.07, 6.45) is 8.82. The quantitative estimate of drug-likeness (QED) is 0.637. The summed E-state index contributed by atoms with van der Waals surface area (Å²) in [7, 11) is 0. The van der Waals surface area contributed by atoms with E-state index in [1.165, 1.54) is 44.2 Å². The van der Waals surface area contributed by atoms with E-state index in [1.807, 2.05) is 0 Å². The Morgan fingerprint density at radius 2 is 2.13 bits per heavy atom. The summed E-state index contributed by atoms with van der Waals surface area (Å²) in [5.41, 5.74) is 8.55. The van der Waals surface area contributed by atoms with Crippen molar-refractivity contribution in [1.29, 1.82) is 0 Å². The van der Waals surface area contributed by atoms with Crippen LogP contribution in [0.1, 0.15) is 44.9 Å². The van der Waals surface area contributed by atoms with Gasteiger partial charge in [-0.25, -0.2) is 10.2 Å². The Labute approximate surface area is 90.3 Å². The number of primary amides is 1. The van der Waals surface area contributed by atoms with Crippen LogP contribution in [-0.4, -0.2) is 11.7 Å². The van der Waals surface area contributed by atoms with Crippen LogP contribution >= 0.6 is 0 Å². The minimum absolute atomic E-state index is 0.556. The van der Waals surface area contributed by atoms with E-state index in [1.54, 1.807) is 0 Å². The van der Waals surface area contributed by atoms with Crippen LogP contribution in [0.3, 0.4) is 0 Å². The minimum atomic E-state index is -0.556. The van der Waals surface area contributed by atoms with Crippen molar-refractivity contribution in [3.05, 3.63) is 0 Å². The molecule has 2 atom stereocenters. The molecule has 2 amide bonds. The lowest BCUT2D eigenvalue weighted by molar-refractivity contribution is 0.249. The standard InChI is InChI=1S/C11H19N3O/c12-11(15)14-13-10-6-4-2-1-3-5-8-7-9(8)10/h8-9H,1-7H2,(H3,12,14,15)/b13-10+/t8-,9+/m1/s1. The van der Waals surface area contributed by atoms with Crippen molar-refractivity contribution in [1.82, 2.24) is 5.43 Å². The van der Waals surface area contributed by atoms with Crippen LogP contribution < -0.4 is 11.2 Å². The van der Waals surface area contributed by atoms with Gasteiger partial charge in [0.2, 0.25) is 0 Å². The molecule has 84 valence electrons. The van der Waals surface area contributed by atoms with Gasteiger partial charge in [-0.05, 0) is 31.6 Å². The van der Waals surface area contributed by atoms with Crippen molar-refractivity contribution in [2.24, 2.45) is 22.7 Å². The van der Waals surface area contributed by atoms with Gasteiger partial charge in [0.15, 0.2) is 0 Å². The van der Waals surface area contributed by atoms with Crippen LogP contribution in [0.5, 0.6) is 0 Å². The van der Waals surface area contributed by atoms with Gasteiger partial charge in [-0.3, -0.25) is 0 Å². The normalized spacial score (nSPS) is 33.5. The molecule has 3 N–H and O–H groups in total. The van der Waals surface area contributed by atoms with Gasteiger partial charge in [-0.2, -0.15) is 5.10 Å². The first-order valence-electron chi connectivity index (χ1n) is 5.89. The summed E-state index contributed by atoms with van der Waals surface area (Å²) in [5, 5.41) is 4.14. The molecule has 2 aliphatic rings. The number of nitrogens with two attached hydrogens (primary N) is 1. The fourth-order valence-electron chi connectivity index (χ4n) is 2.49. The van der Waals surface area contributed by atoms with E-state index < -0.39 is 6.03 Å². The molecule has 0 aromatic heterocycles. The number of carbonyl (C=O) groups excluding carboxylic acids is 1. The molecule has 0 aromatic rings. The van der Waals surface area contributed by atoms with Crippen LogP contribution in [0.25, 0.3) is 0 Å². The van der Waals surface area contributed by atoms with Gasteiger partial charge in [-0.1, -0.05) is 19.3 Å². The molecule has 0 unspecified atom stereocenters. The number of rotatable bonds is 1. The summed E-state index contributed by atoms with van der Waals surface area (Å²) in [5.74, 6) is 1.46. The minimum Gasteiger partial charge on any atom is -0.350 e. The topological polar surface area (TPSA) is 67.5 Å². The van der Waals surface area contributed by atoms with Crippen LogP contribution in [0.4, 0.5) is 4.79 Å². The largest absolute Gasteiger partial charge is 0.350 e. The maximum Gasteiger partial charge on any atom is 0.332 e. The highest BCUT2D eigenvalue weighted by molar-refractivity contribution is 5.90. The molecule has 4 nitrogen and oxygen atoms in total. The number of nitrogens with zero attached hydrogens (tertiary/aromatic N) is 1. The number of amides is 2. The summed E-state index contributed by atoms with van der Waals surface area (Å²) in [4.78, 5) is 10.6. The van der Waals surface area contributed by atoms with Crippen LogP contribution in [-0.2, 0) is 0 Å². The van der Waals surface area contributed by atoms with Crippen molar-refractivity contribution in [2.45, 2.75) is 44.9 Å². The average molecular weight is 209 g/mol. The van der Waals surface area contributed by atoms with E-state index >= 15 is 0 Å². The summed E-state index contributed by atoms with van der Waals surface area (Å²) in [6.45, 7) is 0. The molecule has 0 aliphatic heterocycles. The van der Waals surface area contributed by atoms with Gasteiger partial charge in [-0.15, -0.1) is 0 Å². The Morgan fingerprint density at radius 1 is 1.33 bits per heavy atom. The summed E-state index contributed by atoms with van der Waals surface area (Å²) < 4.78 is 0. The van der Waals surface area contributed by atoms with Gasteiger partial charge in [0, 0.05) is 11.6 Å². The molecule has 2 fully saturated rings. The molecule has 2 aliphatic carbocycles. The smallest absolute Gasteiger partial charge is 0.332 e. The highest BCUT2D eigenvalue weighted by Gasteiger charge is 2.40. The van der Waals surface area contributed by atoms with Crippen LogP contribution in [0.2, 0.25) is 0 Å². The molecule has 2 rings (SSSR count). The van der Waals surface area contributed by atoms with Crippen LogP contribution in [0.15, 0.2) is 5.10 Å². The molecule has 4 heteroatoms. The van der Waals surface area contributed by atoms with Gasteiger partial charge in [0.1, 0.15) is 0 Å². The van der Waals surface area contributed by atoms with E-state index in [4.69, 9.17) is 5.73 Å². The predicted molar refractivity (Wildman–Crippen MR) is 59.5 cm³/mol. The van der Waals surface area contributed by atoms with Gasteiger partial charge in [0.25, 0.3) is 0 Å². The van der Waals surface area contributed by atoms with Crippen molar-refractivity contribution < 1.29 is 4.79 Å². The number of urea groups is 1. The highest BCUT2D eigenvalue weighted by atomic mass is 16.2. The molecular formula is C11H19N3O. The molecule has 0 aromatic carbocycles. The zero-order valence-electron chi connectivity index (χ0n) is 9.04. The maximum absolute atomic E-state index is 10.6. The highest BCUT2D eigenvalue weighted by Crippen LogP contribution is 2.45. The number of fused-ring (bicyclic) bond motifs is 1. The van der Waals surface area contributed by atoms with Crippen molar-refractivity contribution in [3.8, 4) is 0 Å². The van der Waals surface area contributed by atoms with Crippen LogP contribution in [0, 0.1) is 11.8 Å². The Hall–Kier alpha value is -1.06. The maximum atomic E-state index is 10.6. The first-order chi connectivity index (χ1) is 7.27. The Balaban J connectivity index is 1.95. The lowest BCUT2D eigenvalue weighted by atomic mass is 10.1. The first kappa shape index (κ1) is 10.5. The van der Waals surface area contributed by atoms with Gasteiger partial charge in [0.05, 0.1) is 0 Å². The molecule has 0 heterocycles. The monoisotopic (exact) mass is 209 g/mol. The second-order valence-electron chi connectivity index (χ2n) is 4.63. The van der Waals surface area contributed by atoms with Gasteiger partial charge >= 0.3 is 6.03 Å². The Morgan fingerprint density at radius 3 is 2.93 bits per heavy atom. The fourth-order valence-corrected chi connectivity index (χ4v) is 2.49. The third-order valence-corrected chi connectivity index (χ3v) is 3.42. The van der Waals surface area contributed by atoms with E-state index in [0.29, 0.717) is 5.92 Å². The summed E-state index contributed by atoms with van der Waals surface area (Å²) >= 11 is 0. The summed E-state index contributed by atoms with van der Waals surface area (Å²) in [6, 6.07) is -0.556.